The maximum Gasteiger partial charge on any atom is 0.285 e. The maximum absolute atomic E-state index is 12.9. The zero-order valence-corrected chi connectivity index (χ0v) is 15.8. The molecule has 0 aliphatic carbocycles. The average molecular weight is 376 g/mol. The molecule has 8 heteroatoms. The van der Waals surface area contributed by atoms with E-state index in [0.29, 0.717) is 17.9 Å². The summed E-state index contributed by atoms with van der Waals surface area (Å²) in [5.41, 5.74) is 0.653. The smallest absolute Gasteiger partial charge is 0.285 e. The molecule has 2 fully saturated rings. The highest BCUT2D eigenvalue weighted by Gasteiger charge is 2.36. The van der Waals surface area contributed by atoms with Crippen LogP contribution in [-0.4, -0.2) is 81.2 Å². The molecule has 140 valence electrons. The van der Waals surface area contributed by atoms with Crippen molar-refractivity contribution < 1.29 is 13.2 Å². The van der Waals surface area contributed by atoms with Crippen molar-refractivity contribution in [1.29, 1.82) is 0 Å². The minimum atomic E-state index is -3.62. The number of fused-ring (bicyclic) bond motifs is 1. The van der Waals surface area contributed by atoms with Crippen molar-refractivity contribution in [3.8, 4) is 0 Å². The number of hydrogen-bond acceptors (Lipinski definition) is 5. The number of piperazine rings is 1. The molecular weight excluding hydrogens is 352 g/mol. The van der Waals surface area contributed by atoms with Crippen LogP contribution in [0.2, 0.25) is 0 Å². The number of carbonyl (C=O) groups excluding carboxylic acids is 1. The molecule has 3 aliphatic rings. The summed E-state index contributed by atoms with van der Waals surface area (Å²) < 4.78 is 28.6. The second-order valence-corrected chi connectivity index (χ2v) is 8.87. The molecule has 3 aliphatic heterocycles. The molecule has 4 rings (SSSR count). The van der Waals surface area contributed by atoms with E-state index in [4.69, 9.17) is 0 Å². The minimum absolute atomic E-state index is 0.0923. The van der Waals surface area contributed by atoms with E-state index in [1.54, 1.807) is 18.2 Å². The second-order valence-electron chi connectivity index (χ2n) is 7.30. The van der Waals surface area contributed by atoms with Crippen LogP contribution in [0.3, 0.4) is 0 Å². The first-order chi connectivity index (χ1) is 12.5. The molecule has 3 heterocycles. The molecule has 0 bridgehead atoms. The first kappa shape index (κ1) is 17.5. The third kappa shape index (κ3) is 3.12. The van der Waals surface area contributed by atoms with Gasteiger partial charge in [0, 0.05) is 44.8 Å². The molecule has 1 amide bonds. The highest BCUT2D eigenvalue weighted by Crippen LogP contribution is 2.30. The third-order valence-corrected chi connectivity index (χ3v) is 6.82. The van der Waals surface area contributed by atoms with E-state index in [1.165, 1.54) is 0 Å². The number of nitrogens with zero attached hydrogens (tertiary/aromatic N) is 4. The van der Waals surface area contributed by atoms with Crippen molar-refractivity contribution in [3.05, 3.63) is 29.8 Å². The van der Waals surface area contributed by atoms with Crippen molar-refractivity contribution >= 4 is 21.8 Å². The molecule has 2 saturated heterocycles. The zero-order chi connectivity index (χ0) is 18.3. The molecule has 1 atom stereocenters. The maximum atomic E-state index is 12.9. The van der Waals surface area contributed by atoms with Crippen molar-refractivity contribution in [2.75, 3.05) is 46.3 Å². The van der Waals surface area contributed by atoms with Crippen molar-refractivity contribution in [3.63, 3.8) is 0 Å². The van der Waals surface area contributed by atoms with Gasteiger partial charge in [-0.3, -0.25) is 4.79 Å². The highest BCUT2D eigenvalue weighted by atomic mass is 32.2. The molecule has 1 aromatic carbocycles. The van der Waals surface area contributed by atoms with Crippen LogP contribution >= 0.6 is 0 Å². The van der Waals surface area contributed by atoms with Crippen LogP contribution in [0.1, 0.15) is 18.4 Å². The predicted molar refractivity (Wildman–Crippen MR) is 98.5 cm³/mol. The number of amides is 1. The summed E-state index contributed by atoms with van der Waals surface area (Å²) in [6.45, 7) is 4.61. The number of sulfonamides is 1. The van der Waals surface area contributed by atoms with E-state index >= 15 is 0 Å². The summed E-state index contributed by atoms with van der Waals surface area (Å²) in [4.78, 5) is 19.3. The number of benzene rings is 1. The predicted octanol–water partition coefficient (Wildman–Crippen LogP) is 0.622. The van der Waals surface area contributed by atoms with E-state index in [0.717, 1.165) is 45.6 Å². The number of likely N-dealkylation sites (N-methyl/N-ethyl adjacent to an activating group) is 1. The molecule has 1 aromatic rings. The Bertz CT molecular complexity index is 844. The Morgan fingerprint density at radius 2 is 1.85 bits per heavy atom. The highest BCUT2D eigenvalue weighted by molar-refractivity contribution is 7.90. The lowest BCUT2D eigenvalue weighted by atomic mass is 9.95. The Hall–Kier alpha value is -1.93. The summed E-state index contributed by atoms with van der Waals surface area (Å²) in [5, 5.41) is 0. The van der Waals surface area contributed by atoms with Crippen LogP contribution in [0.4, 0.5) is 0 Å². The topological polar surface area (TPSA) is 73.3 Å². The van der Waals surface area contributed by atoms with Crippen LogP contribution in [0, 0.1) is 5.92 Å². The molecule has 0 N–H and O–H groups in total. The molecule has 0 aromatic heterocycles. The minimum Gasteiger partial charge on any atom is -0.355 e. The molecule has 0 saturated carbocycles. The first-order valence-corrected chi connectivity index (χ1v) is 10.6. The molecule has 0 spiro atoms. The Morgan fingerprint density at radius 3 is 2.62 bits per heavy atom. The SMILES string of the molecule is CN1CCN(C(=O)C2CCCN(C3=NS(=O)(=O)c4ccccc43)C2)CC1. The van der Waals surface area contributed by atoms with Gasteiger partial charge in [0.05, 0.1) is 5.92 Å². The summed E-state index contributed by atoms with van der Waals surface area (Å²) in [7, 11) is -1.55. The molecular formula is C18H24N4O3S. The Morgan fingerprint density at radius 1 is 1.12 bits per heavy atom. The zero-order valence-electron chi connectivity index (χ0n) is 15.0. The monoisotopic (exact) mass is 376 g/mol. The fourth-order valence-electron chi connectivity index (χ4n) is 3.97. The van der Waals surface area contributed by atoms with Gasteiger partial charge in [-0.15, -0.1) is 4.40 Å². The summed E-state index contributed by atoms with van der Waals surface area (Å²) >= 11 is 0. The van der Waals surface area contributed by atoms with Gasteiger partial charge in [-0.2, -0.15) is 8.42 Å². The van der Waals surface area contributed by atoms with Crippen molar-refractivity contribution in [2.45, 2.75) is 17.7 Å². The quantitative estimate of drug-likeness (QED) is 0.719. The fourth-order valence-corrected chi connectivity index (χ4v) is 5.20. The van der Waals surface area contributed by atoms with Gasteiger partial charge >= 0.3 is 0 Å². The number of likely N-dealkylation sites (tertiary alicyclic amines) is 1. The normalized spacial score (nSPS) is 25.7. The fraction of sp³-hybridized carbons (Fsp3) is 0.556. The van der Waals surface area contributed by atoms with Crippen molar-refractivity contribution in [1.82, 2.24) is 14.7 Å². The van der Waals surface area contributed by atoms with Gasteiger partial charge in [0.15, 0.2) is 5.84 Å². The average Bonchev–Trinajstić information content (AvgIpc) is 2.94. The van der Waals surface area contributed by atoms with Gasteiger partial charge in [-0.05, 0) is 32.0 Å². The van der Waals surface area contributed by atoms with Gasteiger partial charge in [0.25, 0.3) is 10.0 Å². The number of rotatable bonds is 1. The summed E-state index contributed by atoms with van der Waals surface area (Å²) in [6.07, 6.45) is 1.72. The largest absolute Gasteiger partial charge is 0.355 e. The molecule has 26 heavy (non-hydrogen) atoms. The van der Waals surface area contributed by atoms with Gasteiger partial charge in [-0.25, -0.2) is 0 Å². The van der Waals surface area contributed by atoms with Crippen molar-refractivity contribution in [2.24, 2.45) is 10.3 Å². The Balaban J connectivity index is 1.52. The molecule has 1 unspecified atom stereocenters. The Kier molecular flexibility index (Phi) is 4.48. The number of hydrogen-bond donors (Lipinski definition) is 0. The van der Waals surface area contributed by atoms with Gasteiger partial charge < -0.3 is 14.7 Å². The van der Waals surface area contributed by atoms with Crippen LogP contribution in [-0.2, 0) is 14.8 Å². The van der Waals surface area contributed by atoms with Crippen LogP contribution in [0.5, 0.6) is 0 Å². The third-order valence-electron chi connectivity index (χ3n) is 5.50. The van der Waals surface area contributed by atoms with E-state index < -0.39 is 10.0 Å². The standard InChI is InChI=1S/C18H24N4O3S/c1-20-9-11-21(12-10-20)18(23)14-5-4-8-22(13-14)17-15-6-2-3-7-16(15)26(24,25)19-17/h2-3,6-7,14H,4-5,8-13H2,1H3. The lowest BCUT2D eigenvalue weighted by Gasteiger charge is -2.38. The first-order valence-electron chi connectivity index (χ1n) is 9.12. The number of carbonyl (C=O) groups is 1. The summed E-state index contributed by atoms with van der Waals surface area (Å²) in [6, 6.07) is 6.93. The number of piperidine rings is 1. The van der Waals surface area contributed by atoms with Gasteiger partial charge in [-0.1, -0.05) is 12.1 Å². The Labute approximate surface area is 154 Å². The molecule has 0 radical (unpaired) electrons. The van der Waals surface area contributed by atoms with Gasteiger partial charge in [0.2, 0.25) is 5.91 Å². The van der Waals surface area contributed by atoms with Crippen LogP contribution < -0.4 is 0 Å². The van der Waals surface area contributed by atoms with Crippen LogP contribution in [0.25, 0.3) is 0 Å². The van der Waals surface area contributed by atoms with Gasteiger partial charge in [0.1, 0.15) is 4.90 Å². The molecule has 7 nitrogen and oxygen atoms in total. The number of amidine groups is 1. The van der Waals surface area contributed by atoms with E-state index in [2.05, 4.69) is 16.3 Å². The van der Waals surface area contributed by atoms with E-state index in [1.807, 2.05) is 15.9 Å². The van der Waals surface area contributed by atoms with E-state index in [9.17, 15) is 13.2 Å². The lowest BCUT2D eigenvalue weighted by Crippen LogP contribution is -2.52. The second kappa shape index (κ2) is 6.66. The van der Waals surface area contributed by atoms with E-state index in [-0.39, 0.29) is 16.7 Å². The lowest BCUT2D eigenvalue weighted by molar-refractivity contribution is -0.138. The summed E-state index contributed by atoms with van der Waals surface area (Å²) in [5.74, 6) is 0.597. The van der Waals surface area contributed by atoms with Crippen LogP contribution in [0.15, 0.2) is 33.6 Å².